The number of fused-ring (bicyclic) bond motifs is 1. The van der Waals surface area contributed by atoms with Crippen LogP contribution in [0.25, 0.3) is 11.3 Å². The number of pyridine rings is 1. The number of nitrogens with one attached hydrogen (secondary N) is 4. The predicted molar refractivity (Wildman–Crippen MR) is 190 cm³/mol. The number of carbonyl (C=O) groups is 2. The van der Waals surface area contributed by atoms with E-state index in [1.165, 1.54) is 48.7 Å². The van der Waals surface area contributed by atoms with Crippen LogP contribution in [0.3, 0.4) is 0 Å². The average Bonchev–Trinajstić information content (AvgIpc) is 3.43. The zero-order valence-electron chi connectivity index (χ0n) is 28.1. The number of phenols is 1. The van der Waals surface area contributed by atoms with E-state index in [1.54, 1.807) is 18.2 Å². The lowest BCUT2D eigenvalue weighted by atomic mass is 9.90. The van der Waals surface area contributed by atoms with E-state index in [-0.39, 0.29) is 28.7 Å². The molecule has 0 bridgehead atoms. The number of aromatic nitrogens is 2. The number of alkyl halides is 2. The molecule has 10 nitrogen and oxygen atoms in total. The van der Waals surface area contributed by atoms with E-state index in [0.29, 0.717) is 45.9 Å². The molecule has 0 aliphatic carbocycles. The summed E-state index contributed by atoms with van der Waals surface area (Å²) in [5, 5.41) is 19.1. The van der Waals surface area contributed by atoms with Gasteiger partial charge in [-0.3, -0.25) is 14.6 Å². The second-order valence-corrected chi connectivity index (χ2v) is 15.4. The summed E-state index contributed by atoms with van der Waals surface area (Å²) in [6, 6.07) is 23.5. The highest BCUT2D eigenvalue weighted by Gasteiger charge is 2.39. The van der Waals surface area contributed by atoms with Gasteiger partial charge in [0.25, 0.3) is 17.7 Å². The van der Waals surface area contributed by atoms with Gasteiger partial charge in [0.1, 0.15) is 11.4 Å². The number of anilines is 2. The quantitative estimate of drug-likeness (QED) is 0.102. The molecule has 0 spiro atoms. The van der Waals surface area contributed by atoms with E-state index >= 15 is 8.78 Å². The minimum atomic E-state index is -3.54. The summed E-state index contributed by atoms with van der Waals surface area (Å²) in [5.41, 5.74) is 2.32. The number of carbonyl (C=O) groups excluding carboxylic acids is 2. The largest absolute Gasteiger partial charge is 0.507 e. The minimum absolute atomic E-state index is 0.0181. The molecule has 6 rings (SSSR count). The van der Waals surface area contributed by atoms with Crippen molar-refractivity contribution >= 4 is 33.0 Å². The highest BCUT2D eigenvalue weighted by molar-refractivity contribution is 7.90. The Labute approximate surface area is 294 Å². The van der Waals surface area contributed by atoms with Crippen LogP contribution in [0.5, 0.6) is 5.75 Å². The lowest BCUT2D eigenvalue weighted by Crippen LogP contribution is -2.49. The summed E-state index contributed by atoms with van der Waals surface area (Å²) in [7, 11) is -3.54. The Morgan fingerprint density at radius 2 is 1.71 bits per heavy atom. The molecule has 2 aromatic heterocycles. The second-order valence-electron chi connectivity index (χ2n) is 13.3. The van der Waals surface area contributed by atoms with Gasteiger partial charge in [0.15, 0.2) is 9.84 Å². The van der Waals surface area contributed by atoms with Crippen LogP contribution in [-0.2, 0) is 22.2 Å². The van der Waals surface area contributed by atoms with Crippen molar-refractivity contribution in [2.24, 2.45) is 0 Å². The first kappa shape index (κ1) is 35.3. The molecule has 3 heterocycles. The van der Waals surface area contributed by atoms with E-state index in [2.05, 4.69) is 25.9 Å². The van der Waals surface area contributed by atoms with Crippen molar-refractivity contribution in [1.29, 1.82) is 0 Å². The van der Waals surface area contributed by atoms with Crippen molar-refractivity contribution in [2.75, 3.05) is 18.1 Å². The molecule has 0 fully saturated rings. The van der Waals surface area contributed by atoms with E-state index < -0.39 is 45.2 Å². The van der Waals surface area contributed by atoms with Crippen LogP contribution in [0.2, 0.25) is 0 Å². The molecule has 1 aliphatic heterocycles. The Balaban J connectivity index is 1.35. The number of para-hydroxylation sites is 2. The molecule has 1 atom stereocenters. The van der Waals surface area contributed by atoms with Crippen LogP contribution in [0.15, 0.2) is 102 Å². The lowest BCUT2D eigenvalue weighted by molar-refractivity contribution is -0.0245. The second kappa shape index (κ2) is 13.6. The van der Waals surface area contributed by atoms with E-state index in [9.17, 15) is 23.1 Å². The van der Waals surface area contributed by atoms with Crippen molar-refractivity contribution in [3.8, 4) is 17.0 Å². The Morgan fingerprint density at radius 1 is 1.02 bits per heavy atom. The molecule has 3 aromatic carbocycles. The minimum Gasteiger partial charge on any atom is -0.507 e. The Bertz CT molecular complexity index is 2200. The third-order valence-corrected chi connectivity index (χ3v) is 9.91. The molecular formula is C38H37F2N5O5S. The molecule has 1 aliphatic rings. The van der Waals surface area contributed by atoms with Gasteiger partial charge in [0, 0.05) is 60.2 Å². The monoisotopic (exact) mass is 713 g/mol. The van der Waals surface area contributed by atoms with Gasteiger partial charge in [-0.1, -0.05) is 42.5 Å². The van der Waals surface area contributed by atoms with Gasteiger partial charge < -0.3 is 26.0 Å². The van der Waals surface area contributed by atoms with Crippen molar-refractivity contribution in [2.45, 2.75) is 49.0 Å². The first-order valence-corrected chi connectivity index (χ1v) is 18.1. The number of sulfone groups is 1. The molecule has 1 unspecified atom stereocenters. The normalized spacial score (nSPS) is 14.6. The van der Waals surface area contributed by atoms with Gasteiger partial charge in [0.2, 0.25) is 0 Å². The number of amides is 2. The summed E-state index contributed by atoms with van der Waals surface area (Å²) in [4.78, 5) is 33.7. The molecule has 13 heteroatoms. The van der Waals surface area contributed by atoms with Gasteiger partial charge in [-0.25, -0.2) is 8.42 Å². The van der Waals surface area contributed by atoms with Crippen molar-refractivity contribution < 1.29 is 31.9 Å². The first-order valence-electron chi connectivity index (χ1n) is 16.2. The number of phenolic OH excluding ortho intramolecular Hbond substituents is 1. The van der Waals surface area contributed by atoms with Crippen LogP contribution < -0.4 is 16.0 Å². The standard InChI is InChI=1S/C38H37F2N5O5S/c1-37(2)21-29-32(36(48)45-37)34(43-26-9-5-4-6-10-26)33(44-29)24-17-18-41-31(19-24)38(39,40)20-25(23-13-15-27(16-14-23)51(3,49)50)22-42-35(47)28-11-7-8-12-30(28)46/h4-19,25,43-44,46H,20-22H2,1-3H3,(H,42,47)(H,45,48). The zero-order chi connectivity index (χ0) is 36.6. The van der Waals surface area contributed by atoms with Crippen LogP contribution in [0.4, 0.5) is 20.2 Å². The number of benzene rings is 3. The summed E-state index contributed by atoms with van der Waals surface area (Å²) >= 11 is 0. The maximum Gasteiger partial charge on any atom is 0.290 e. The highest BCUT2D eigenvalue weighted by atomic mass is 32.2. The third kappa shape index (κ3) is 7.78. The molecule has 264 valence electrons. The number of aromatic hydroxyl groups is 1. The van der Waals surface area contributed by atoms with Gasteiger partial charge in [-0.15, -0.1) is 0 Å². The summed E-state index contributed by atoms with van der Waals surface area (Å²) in [5.74, 6) is -5.74. The van der Waals surface area contributed by atoms with Crippen LogP contribution >= 0.6 is 0 Å². The zero-order valence-corrected chi connectivity index (χ0v) is 28.9. The fourth-order valence-electron chi connectivity index (χ4n) is 6.27. The molecule has 0 saturated carbocycles. The third-order valence-electron chi connectivity index (χ3n) is 8.78. The van der Waals surface area contributed by atoms with Gasteiger partial charge in [0.05, 0.1) is 27.4 Å². The topological polar surface area (TPSA) is 153 Å². The highest BCUT2D eigenvalue weighted by Crippen LogP contribution is 2.42. The maximum atomic E-state index is 16.4. The number of rotatable bonds is 11. The van der Waals surface area contributed by atoms with E-state index in [0.717, 1.165) is 6.26 Å². The number of H-pyrrole nitrogens is 1. The molecule has 0 saturated heterocycles. The molecule has 5 N–H and O–H groups in total. The van der Waals surface area contributed by atoms with Gasteiger partial charge >= 0.3 is 0 Å². The van der Waals surface area contributed by atoms with Crippen LogP contribution in [0, 0.1) is 0 Å². The summed E-state index contributed by atoms with van der Waals surface area (Å²) < 4.78 is 57.0. The number of aromatic amines is 1. The van der Waals surface area contributed by atoms with Crippen molar-refractivity contribution in [3.63, 3.8) is 0 Å². The van der Waals surface area contributed by atoms with Gasteiger partial charge in [-0.05, 0) is 67.9 Å². The summed E-state index contributed by atoms with van der Waals surface area (Å²) in [6.45, 7) is 3.56. The average molecular weight is 714 g/mol. The molecular weight excluding hydrogens is 677 g/mol. The number of halogens is 2. The summed E-state index contributed by atoms with van der Waals surface area (Å²) in [6.07, 6.45) is 2.02. The smallest absolute Gasteiger partial charge is 0.290 e. The van der Waals surface area contributed by atoms with Crippen LogP contribution in [0.1, 0.15) is 63.9 Å². The number of nitrogens with zero attached hydrogens (tertiary/aromatic N) is 1. The van der Waals surface area contributed by atoms with E-state index in [4.69, 9.17) is 0 Å². The molecule has 51 heavy (non-hydrogen) atoms. The molecule has 2 amide bonds. The Kier molecular flexibility index (Phi) is 9.43. The van der Waals surface area contributed by atoms with Gasteiger partial charge in [-0.2, -0.15) is 8.78 Å². The first-order chi connectivity index (χ1) is 24.1. The van der Waals surface area contributed by atoms with Crippen molar-refractivity contribution in [3.05, 3.63) is 125 Å². The SMILES string of the molecule is CC1(C)Cc2[nH]c(-c3ccnc(C(F)(F)CC(CNC(=O)c4ccccc4O)c4ccc(S(C)(=O)=O)cc4)c3)c(Nc3ccccc3)c2C(=O)N1. The lowest BCUT2D eigenvalue weighted by Gasteiger charge is -2.30. The van der Waals surface area contributed by atoms with E-state index in [1.807, 2.05) is 44.2 Å². The number of hydrogen-bond acceptors (Lipinski definition) is 7. The fraction of sp³-hybridized carbons (Fsp3) is 0.237. The molecule has 0 radical (unpaired) electrons. The Hall–Kier alpha value is -5.56. The molecule has 5 aromatic rings. The fourth-order valence-corrected chi connectivity index (χ4v) is 6.90. The predicted octanol–water partition coefficient (Wildman–Crippen LogP) is 6.69. The Morgan fingerprint density at radius 3 is 2.39 bits per heavy atom. The van der Waals surface area contributed by atoms with Crippen molar-refractivity contribution in [1.82, 2.24) is 20.6 Å². The maximum absolute atomic E-state index is 16.4. The van der Waals surface area contributed by atoms with Crippen LogP contribution in [-0.4, -0.2) is 53.6 Å². The number of hydrogen-bond donors (Lipinski definition) is 5.